The van der Waals surface area contributed by atoms with Gasteiger partial charge in [0, 0.05) is 26.2 Å². The molecule has 1 aliphatic rings. The van der Waals surface area contributed by atoms with Crippen LogP contribution in [0.3, 0.4) is 0 Å². The molecule has 0 spiro atoms. The van der Waals surface area contributed by atoms with Crippen molar-refractivity contribution in [2.45, 2.75) is 0 Å². The van der Waals surface area contributed by atoms with Gasteiger partial charge in [-0.1, -0.05) is 28.1 Å². The zero-order valence-electron chi connectivity index (χ0n) is 9.40. The lowest BCUT2D eigenvalue weighted by Gasteiger charge is -2.36. The highest BCUT2D eigenvalue weighted by Crippen LogP contribution is 2.20. The highest BCUT2D eigenvalue weighted by atomic mass is 79.9. The molecule has 0 aliphatic carbocycles. The molecule has 0 radical (unpaired) electrons. The van der Waals surface area contributed by atoms with Gasteiger partial charge in [0.05, 0.1) is 11.0 Å². The first-order valence-corrected chi connectivity index (χ1v) is 6.67. The van der Waals surface area contributed by atoms with E-state index in [0.29, 0.717) is 37.2 Å². The topological polar surface area (TPSA) is 23.6 Å². The van der Waals surface area contributed by atoms with Gasteiger partial charge in [-0.3, -0.25) is 4.79 Å². The number of para-hydroxylation sites is 1. The first-order chi connectivity index (χ1) is 8.22. The maximum atomic E-state index is 13.6. The molecule has 5 heteroatoms. The summed E-state index contributed by atoms with van der Waals surface area (Å²) in [5.74, 6) is -0.106. The minimum absolute atomic E-state index is 0.0955. The number of hydrogen-bond acceptors (Lipinski definition) is 2. The van der Waals surface area contributed by atoms with Crippen molar-refractivity contribution in [2.24, 2.45) is 0 Å². The molecule has 1 fully saturated rings. The zero-order valence-corrected chi connectivity index (χ0v) is 11.0. The Morgan fingerprint density at radius 3 is 2.47 bits per heavy atom. The number of nitrogens with zero attached hydrogens (tertiary/aromatic N) is 2. The molecule has 0 atom stereocenters. The first kappa shape index (κ1) is 12.4. The summed E-state index contributed by atoms with van der Waals surface area (Å²) in [5, 5.41) is 0.354. The second-order valence-corrected chi connectivity index (χ2v) is 4.51. The standard InChI is InChI=1S/C12H14BrFN2O/c13-9-12(17)16-7-5-15(6-8-16)11-4-2-1-3-10(11)14/h1-4H,5-9H2. The van der Waals surface area contributed by atoms with Gasteiger partial charge in [0.15, 0.2) is 0 Å². The van der Waals surface area contributed by atoms with Crippen LogP contribution in [0.2, 0.25) is 0 Å². The Balaban J connectivity index is 2.00. The van der Waals surface area contributed by atoms with Crippen LogP contribution in [0.25, 0.3) is 0 Å². The number of alkyl halides is 1. The molecular weight excluding hydrogens is 287 g/mol. The summed E-state index contributed by atoms with van der Waals surface area (Å²) in [6, 6.07) is 6.75. The molecule has 92 valence electrons. The van der Waals surface area contributed by atoms with Crippen LogP contribution in [0.1, 0.15) is 0 Å². The van der Waals surface area contributed by atoms with Gasteiger partial charge >= 0.3 is 0 Å². The monoisotopic (exact) mass is 300 g/mol. The number of hydrogen-bond donors (Lipinski definition) is 0. The van der Waals surface area contributed by atoms with Crippen LogP contribution in [0.5, 0.6) is 0 Å². The Labute approximate surface area is 108 Å². The second kappa shape index (κ2) is 5.49. The molecule has 1 aromatic carbocycles. The lowest BCUT2D eigenvalue weighted by atomic mass is 10.2. The van der Waals surface area contributed by atoms with Crippen LogP contribution in [0, 0.1) is 5.82 Å². The van der Waals surface area contributed by atoms with Crippen molar-refractivity contribution in [3.05, 3.63) is 30.1 Å². The van der Waals surface area contributed by atoms with Crippen LogP contribution in [0.15, 0.2) is 24.3 Å². The Morgan fingerprint density at radius 2 is 1.88 bits per heavy atom. The molecule has 1 heterocycles. The number of benzene rings is 1. The van der Waals surface area contributed by atoms with Crippen molar-refractivity contribution in [1.29, 1.82) is 0 Å². The minimum Gasteiger partial charge on any atom is -0.366 e. The number of amides is 1. The molecule has 1 aromatic rings. The molecule has 2 rings (SSSR count). The van der Waals surface area contributed by atoms with Crippen molar-refractivity contribution in [3.63, 3.8) is 0 Å². The fraction of sp³-hybridized carbons (Fsp3) is 0.417. The smallest absolute Gasteiger partial charge is 0.233 e. The average molecular weight is 301 g/mol. The van der Waals surface area contributed by atoms with Gasteiger partial charge in [-0.05, 0) is 12.1 Å². The van der Waals surface area contributed by atoms with Gasteiger partial charge in [-0.15, -0.1) is 0 Å². The molecule has 1 aliphatic heterocycles. The summed E-state index contributed by atoms with van der Waals surface area (Å²) in [4.78, 5) is 15.2. The molecule has 0 saturated carbocycles. The Kier molecular flexibility index (Phi) is 3.99. The molecule has 0 N–H and O–H groups in total. The van der Waals surface area contributed by atoms with Gasteiger partial charge in [-0.25, -0.2) is 4.39 Å². The highest BCUT2D eigenvalue weighted by Gasteiger charge is 2.21. The SMILES string of the molecule is O=C(CBr)N1CCN(c2ccccc2F)CC1. The van der Waals surface area contributed by atoms with E-state index in [0.717, 1.165) is 0 Å². The van der Waals surface area contributed by atoms with Gasteiger partial charge in [-0.2, -0.15) is 0 Å². The van der Waals surface area contributed by atoms with Crippen molar-refractivity contribution in [1.82, 2.24) is 4.90 Å². The molecule has 0 bridgehead atoms. The number of anilines is 1. The first-order valence-electron chi connectivity index (χ1n) is 5.55. The molecule has 3 nitrogen and oxygen atoms in total. The minimum atomic E-state index is -0.201. The van der Waals surface area contributed by atoms with Gasteiger partial charge in [0.1, 0.15) is 5.82 Å². The number of carbonyl (C=O) groups excluding carboxylic acids is 1. The fourth-order valence-corrected chi connectivity index (χ4v) is 2.34. The number of carbonyl (C=O) groups is 1. The molecule has 0 aromatic heterocycles. The normalized spacial score (nSPS) is 16.1. The lowest BCUT2D eigenvalue weighted by molar-refractivity contribution is -0.128. The van der Waals surface area contributed by atoms with Gasteiger partial charge in [0.2, 0.25) is 5.91 Å². The number of rotatable bonds is 2. The molecular formula is C12H14BrFN2O. The largest absolute Gasteiger partial charge is 0.366 e. The third-order valence-corrected chi connectivity index (χ3v) is 3.42. The average Bonchev–Trinajstić information content (AvgIpc) is 2.39. The van der Waals surface area contributed by atoms with Crippen molar-refractivity contribution >= 4 is 27.5 Å². The van der Waals surface area contributed by atoms with E-state index in [1.165, 1.54) is 6.07 Å². The van der Waals surface area contributed by atoms with Crippen molar-refractivity contribution in [2.75, 3.05) is 36.4 Å². The summed E-state index contributed by atoms with van der Waals surface area (Å²) in [6.07, 6.45) is 0. The summed E-state index contributed by atoms with van der Waals surface area (Å²) in [5.41, 5.74) is 0.624. The Morgan fingerprint density at radius 1 is 1.24 bits per heavy atom. The van der Waals surface area contributed by atoms with E-state index in [4.69, 9.17) is 0 Å². The van der Waals surface area contributed by atoms with Crippen molar-refractivity contribution < 1.29 is 9.18 Å². The lowest BCUT2D eigenvalue weighted by Crippen LogP contribution is -2.49. The predicted molar refractivity (Wildman–Crippen MR) is 69.0 cm³/mol. The van der Waals surface area contributed by atoms with E-state index < -0.39 is 0 Å². The number of halogens is 2. The van der Waals surface area contributed by atoms with Crippen molar-refractivity contribution in [3.8, 4) is 0 Å². The Bertz CT molecular complexity index is 405. The number of piperazine rings is 1. The van der Waals surface area contributed by atoms with E-state index in [1.54, 1.807) is 17.0 Å². The van der Waals surface area contributed by atoms with E-state index in [1.807, 2.05) is 11.0 Å². The van der Waals surface area contributed by atoms with Gasteiger partial charge in [0.25, 0.3) is 0 Å². The zero-order chi connectivity index (χ0) is 12.3. The molecule has 1 saturated heterocycles. The predicted octanol–water partition coefficient (Wildman–Crippen LogP) is 1.87. The maximum Gasteiger partial charge on any atom is 0.233 e. The van der Waals surface area contributed by atoms with Crippen LogP contribution < -0.4 is 4.90 Å². The van der Waals surface area contributed by atoms with Gasteiger partial charge < -0.3 is 9.80 Å². The Hall–Kier alpha value is -1.10. The second-order valence-electron chi connectivity index (χ2n) is 3.95. The van der Waals surface area contributed by atoms with Crippen LogP contribution >= 0.6 is 15.9 Å². The third-order valence-electron chi connectivity index (χ3n) is 2.94. The third kappa shape index (κ3) is 2.77. The summed E-state index contributed by atoms with van der Waals surface area (Å²) >= 11 is 3.16. The summed E-state index contributed by atoms with van der Waals surface area (Å²) < 4.78 is 13.6. The van der Waals surface area contributed by atoms with Crippen LogP contribution in [-0.4, -0.2) is 42.3 Å². The maximum absolute atomic E-state index is 13.6. The molecule has 0 unspecified atom stereocenters. The molecule has 17 heavy (non-hydrogen) atoms. The van der Waals surface area contributed by atoms with Crippen LogP contribution in [-0.2, 0) is 4.79 Å². The summed E-state index contributed by atoms with van der Waals surface area (Å²) in [7, 11) is 0. The van der Waals surface area contributed by atoms with E-state index in [-0.39, 0.29) is 11.7 Å². The van der Waals surface area contributed by atoms with E-state index in [9.17, 15) is 9.18 Å². The highest BCUT2D eigenvalue weighted by molar-refractivity contribution is 9.09. The van der Waals surface area contributed by atoms with E-state index >= 15 is 0 Å². The van der Waals surface area contributed by atoms with E-state index in [2.05, 4.69) is 15.9 Å². The quantitative estimate of drug-likeness (QED) is 0.779. The van der Waals surface area contributed by atoms with Crippen LogP contribution in [0.4, 0.5) is 10.1 Å². The summed E-state index contributed by atoms with van der Waals surface area (Å²) in [6.45, 7) is 2.66. The fourth-order valence-electron chi connectivity index (χ4n) is 1.99. The molecule has 1 amide bonds.